The maximum Gasteiger partial charge on any atom is 0.132 e. The van der Waals surface area contributed by atoms with E-state index in [1.807, 2.05) is 6.07 Å². The zero-order chi connectivity index (χ0) is 13.4. The largest absolute Gasteiger partial charge is 0.326 e. The van der Waals surface area contributed by atoms with Crippen molar-refractivity contribution in [1.82, 2.24) is 9.88 Å². The summed E-state index contributed by atoms with van der Waals surface area (Å²) >= 11 is 0. The summed E-state index contributed by atoms with van der Waals surface area (Å²) < 4.78 is 13.7. The summed E-state index contributed by atoms with van der Waals surface area (Å²) in [6, 6.07) is 7.51. The molecular weight excluding hydrogens is 241 g/mol. The van der Waals surface area contributed by atoms with Crippen molar-refractivity contribution in [3.8, 4) is 0 Å². The van der Waals surface area contributed by atoms with Crippen LogP contribution in [0.3, 0.4) is 0 Å². The fourth-order valence-electron chi connectivity index (χ4n) is 2.80. The van der Waals surface area contributed by atoms with E-state index in [1.54, 1.807) is 18.3 Å². The van der Waals surface area contributed by atoms with Crippen molar-refractivity contribution in [3.05, 3.63) is 41.8 Å². The number of rotatable bonds is 2. The highest BCUT2D eigenvalue weighted by Gasteiger charge is 2.28. The van der Waals surface area contributed by atoms with Gasteiger partial charge in [0.2, 0.25) is 0 Å². The van der Waals surface area contributed by atoms with Gasteiger partial charge >= 0.3 is 0 Å². The average molecular weight is 259 g/mol. The van der Waals surface area contributed by atoms with Crippen LogP contribution in [-0.4, -0.2) is 28.5 Å². The van der Waals surface area contributed by atoms with Crippen molar-refractivity contribution < 1.29 is 4.39 Å². The number of nitrogens with zero attached hydrogens (tertiary/aromatic N) is 2. The number of fused-ring (bicyclic) bond motifs is 1. The molecule has 1 aromatic heterocycles. The van der Waals surface area contributed by atoms with Crippen LogP contribution in [0.1, 0.15) is 18.9 Å². The van der Waals surface area contributed by atoms with Gasteiger partial charge in [0.25, 0.3) is 0 Å². The fourth-order valence-corrected chi connectivity index (χ4v) is 2.80. The van der Waals surface area contributed by atoms with Gasteiger partial charge in [0.1, 0.15) is 5.82 Å². The topological polar surface area (TPSA) is 42.1 Å². The summed E-state index contributed by atoms with van der Waals surface area (Å²) in [4.78, 5) is 6.67. The Morgan fingerprint density at radius 2 is 2.26 bits per heavy atom. The molecule has 0 amide bonds. The maximum absolute atomic E-state index is 13.7. The van der Waals surface area contributed by atoms with Crippen LogP contribution in [0.15, 0.2) is 30.5 Å². The monoisotopic (exact) mass is 259 g/mol. The molecule has 3 rings (SSSR count). The highest BCUT2D eigenvalue weighted by Crippen LogP contribution is 2.24. The van der Waals surface area contributed by atoms with Gasteiger partial charge in [0.05, 0.1) is 5.52 Å². The molecular formula is C15H18FN3. The molecule has 2 heterocycles. The molecule has 1 fully saturated rings. The molecule has 2 unspecified atom stereocenters. The summed E-state index contributed by atoms with van der Waals surface area (Å²) in [6.07, 6.45) is 2.73. The van der Waals surface area contributed by atoms with Crippen LogP contribution in [-0.2, 0) is 6.54 Å². The van der Waals surface area contributed by atoms with Crippen LogP contribution in [0.5, 0.6) is 0 Å². The minimum absolute atomic E-state index is 0.210. The highest BCUT2D eigenvalue weighted by atomic mass is 19.1. The Bertz CT molecular complexity index is 599. The van der Waals surface area contributed by atoms with E-state index in [2.05, 4.69) is 16.8 Å². The summed E-state index contributed by atoms with van der Waals surface area (Å²) in [5.41, 5.74) is 7.87. The molecule has 19 heavy (non-hydrogen) atoms. The molecule has 1 aliphatic rings. The number of hydrogen-bond donors (Lipinski definition) is 1. The third-order valence-corrected chi connectivity index (χ3v) is 4.12. The number of nitrogens with two attached hydrogens (primary N) is 1. The lowest BCUT2D eigenvalue weighted by molar-refractivity contribution is 0.252. The maximum atomic E-state index is 13.7. The molecule has 1 saturated heterocycles. The molecule has 2 N–H and O–H groups in total. The number of hydrogen-bond acceptors (Lipinski definition) is 3. The Kier molecular flexibility index (Phi) is 3.21. The highest BCUT2D eigenvalue weighted by molar-refractivity contribution is 5.82. The van der Waals surface area contributed by atoms with Gasteiger partial charge < -0.3 is 5.73 Å². The molecule has 1 aliphatic heterocycles. The lowest BCUT2D eigenvalue weighted by Gasteiger charge is -2.23. The predicted molar refractivity (Wildman–Crippen MR) is 74.2 cm³/mol. The summed E-state index contributed by atoms with van der Waals surface area (Å²) in [5, 5.41) is 0.594. The minimum atomic E-state index is -0.210. The zero-order valence-corrected chi connectivity index (χ0v) is 11.0. The van der Waals surface area contributed by atoms with E-state index in [1.165, 1.54) is 6.07 Å². The van der Waals surface area contributed by atoms with Crippen LogP contribution in [0, 0.1) is 5.82 Å². The molecule has 0 radical (unpaired) electrons. The van der Waals surface area contributed by atoms with Gasteiger partial charge in [-0.1, -0.05) is 6.07 Å². The lowest BCUT2D eigenvalue weighted by Crippen LogP contribution is -2.36. The third-order valence-electron chi connectivity index (χ3n) is 4.12. The van der Waals surface area contributed by atoms with E-state index in [4.69, 9.17) is 5.73 Å². The second kappa shape index (κ2) is 4.87. The van der Waals surface area contributed by atoms with Crippen LogP contribution in [0.4, 0.5) is 4.39 Å². The minimum Gasteiger partial charge on any atom is -0.326 e. The average Bonchev–Trinajstić information content (AvgIpc) is 2.74. The Balaban J connectivity index is 1.96. The molecule has 3 nitrogen and oxygen atoms in total. The number of pyridine rings is 1. The molecule has 4 heteroatoms. The molecule has 0 bridgehead atoms. The summed E-state index contributed by atoms with van der Waals surface area (Å²) in [5.74, 6) is -0.210. The normalized spacial score (nSPS) is 24.2. The zero-order valence-electron chi connectivity index (χ0n) is 11.0. The van der Waals surface area contributed by atoms with Gasteiger partial charge in [-0.2, -0.15) is 0 Å². The van der Waals surface area contributed by atoms with E-state index in [0.717, 1.165) is 30.6 Å². The van der Waals surface area contributed by atoms with Crippen molar-refractivity contribution in [2.75, 3.05) is 6.54 Å². The van der Waals surface area contributed by atoms with E-state index >= 15 is 0 Å². The number of halogens is 1. The van der Waals surface area contributed by atoms with Gasteiger partial charge in [-0.25, -0.2) is 4.39 Å². The van der Waals surface area contributed by atoms with Crippen molar-refractivity contribution in [1.29, 1.82) is 0 Å². The van der Waals surface area contributed by atoms with Gasteiger partial charge in [-0.15, -0.1) is 0 Å². The van der Waals surface area contributed by atoms with Gasteiger partial charge in [-0.3, -0.25) is 9.88 Å². The standard InChI is InChI=1S/C15H18FN3/c1-10-14(17)6-8-19(10)9-11-4-5-13(16)12-3-2-7-18-15(11)12/h2-5,7,10,14H,6,8-9,17H2,1H3. The Morgan fingerprint density at radius 1 is 1.42 bits per heavy atom. The number of benzene rings is 1. The smallest absolute Gasteiger partial charge is 0.132 e. The van der Waals surface area contributed by atoms with E-state index in [9.17, 15) is 4.39 Å². The number of aromatic nitrogens is 1. The van der Waals surface area contributed by atoms with Crippen LogP contribution < -0.4 is 5.73 Å². The fraction of sp³-hybridized carbons (Fsp3) is 0.400. The van der Waals surface area contributed by atoms with Gasteiger partial charge in [0, 0.05) is 36.8 Å². The first-order valence-electron chi connectivity index (χ1n) is 6.68. The molecule has 0 saturated carbocycles. The molecule has 2 aromatic rings. The molecule has 2 atom stereocenters. The Labute approximate surface area is 112 Å². The van der Waals surface area contributed by atoms with Crippen LogP contribution in [0.25, 0.3) is 10.9 Å². The van der Waals surface area contributed by atoms with Crippen molar-refractivity contribution in [2.24, 2.45) is 5.73 Å². The van der Waals surface area contributed by atoms with E-state index in [-0.39, 0.29) is 11.9 Å². The predicted octanol–water partition coefficient (Wildman–Crippen LogP) is 2.30. The van der Waals surface area contributed by atoms with E-state index in [0.29, 0.717) is 11.4 Å². The summed E-state index contributed by atoms with van der Waals surface area (Å²) in [6.45, 7) is 3.92. The lowest BCUT2D eigenvalue weighted by atomic mass is 10.1. The summed E-state index contributed by atoms with van der Waals surface area (Å²) in [7, 11) is 0. The molecule has 0 aliphatic carbocycles. The van der Waals surface area contributed by atoms with E-state index < -0.39 is 0 Å². The second-order valence-corrected chi connectivity index (χ2v) is 5.27. The molecule has 1 aromatic carbocycles. The second-order valence-electron chi connectivity index (χ2n) is 5.27. The number of likely N-dealkylation sites (tertiary alicyclic amines) is 1. The first-order valence-corrected chi connectivity index (χ1v) is 6.68. The van der Waals surface area contributed by atoms with Crippen LogP contribution in [0.2, 0.25) is 0 Å². The van der Waals surface area contributed by atoms with Crippen molar-refractivity contribution in [3.63, 3.8) is 0 Å². The SMILES string of the molecule is CC1C(N)CCN1Cc1ccc(F)c2cccnc12. The molecule has 0 spiro atoms. The van der Waals surface area contributed by atoms with Gasteiger partial charge in [0.15, 0.2) is 0 Å². The quantitative estimate of drug-likeness (QED) is 0.899. The van der Waals surface area contributed by atoms with Crippen LogP contribution >= 0.6 is 0 Å². The van der Waals surface area contributed by atoms with Crippen molar-refractivity contribution >= 4 is 10.9 Å². The first kappa shape index (κ1) is 12.5. The van der Waals surface area contributed by atoms with Crippen molar-refractivity contribution in [2.45, 2.75) is 32.0 Å². The van der Waals surface area contributed by atoms with Gasteiger partial charge in [-0.05, 0) is 37.1 Å². The molecule has 100 valence electrons. The first-order chi connectivity index (χ1) is 9.16. The third kappa shape index (κ3) is 2.22. The Morgan fingerprint density at radius 3 is 3.00 bits per heavy atom. The Hall–Kier alpha value is -1.52.